The summed E-state index contributed by atoms with van der Waals surface area (Å²) in [4.78, 5) is 27.1. The highest BCUT2D eigenvalue weighted by Crippen LogP contribution is 2.32. The summed E-state index contributed by atoms with van der Waals surface area (Å²) >= 11 is 2.59. The number of carbonyl (C=O) groups excluding carboxylic acids is 2. The first kappa shape index (κ1) is 18.1. The maximum Gasteiger partial charge on any atom is 0.264 e. The minimum absolute atomic E-state index is 0.164. The van der Waals surface area contributed by atoms with E-state index < -0.39 is 5.91 Å². The van der Waals surface area contributed by atoms with E-state index in [1.165, 1.54) is 30.2 Å². The third kappa shape index (κ3) is 5.14. The SMILES string of the molecule is COc1ccccc1OCC(=O)Nc1nc(C)c(SCC(N)=O)s1. The standard InChI is InChI=1S/C15H17N3O4S2/c1-9-14(23-8-12(16)19)24-15(17-9)18-13(20)7-22-11-6-4-3-5-10(11)21-2/h3-6H,7-8H2,1-2H3,(H2,16,19)(H,17,18,20). The Balaban J connectivity index is 1.90. The summed E-state index contributed by atoms with van der Waals surface area (Å²) in [5.74, 6) is 0.487. The molecule has 0 bridgehead atoms. The number of rotatable bonds is 8. The second kappa shape index (κ2) is 8.55. The Morgan fingerprint density at radius 2 is 2.04 bits per heavy atom. The molecule has 0 aliphatic carbocycles. The highest BCUT2D eigenvalue weighted by atomic mass is 32.2. The lowest BCUT2D eigenvalue weighted by Crippen LogP contribution is -2.20. The number of nitrogens with two attached hydrogens (primary N) is 1. The fourth-order valence-corrected chi connectivity index (χ4v) is 3.64. The van der Waals surface area contributed by atoms with Crippen LogP contribution in [-0.4, -0.2) is 36.3 Å². The molecule has 0 aliphatic rings. The molecular formula is C15H17N3O4S2. The van der Waals surface area contributed by atoms with Crippen LogP contribution in [0.15, 0.2) is 28.5 Å². The predicted octanol–water partition coefficient (Wildman–Crippen LogP) is 2.06. The molecule has 0 fully saturated rings. The van der Waals surface area contributed by atoms with Crippen LogP contribution in [0.5, 0.6) is 11.5 Å². The highest BCUT2D eigenvalue weighted by molar-refractivity contribution is 8.01. The molecular weight excluding hydrogens is 350 g/mol. The molecule has 0 saturated carbocycles. The van der Waals surface area contributed by atoms with Gasteiger partial charge < -0.3 is 15.2 Å². The van der Waals surface area contributed by atoms with E-state index in [0.717, 1.165) is 9.90 Å². The Morgan fingerprint density at radius 1 is 1.33 bits per heavy atom. The Labute approximate surface area is 147 Å². The molecule has 0 unspecified atom stereocenters. The predicted molar refractivity (Wildman–Crippen MR) is 93.9 cm³/mol. The van der Waals surface area contributed by atoms with Gasteiger partial charge in [0.2, 0.25) is 5.91 Å². The van der Waals surface area contributed by atoms with Crippen LogP contribution in [0.25, 0.3) is 0 Å². The van der Waals surface area contributed by atoms with E-state index in [1.807, 2.05) is 6.07 Å². The number of aryl methyl sites for hydroxylation is 1. The number of para-hydroxylation sites is 2. The minimum Gasteiger partial charge on any atom is -0.493 e. The van der Waals surface area contributed by atoms with Gasteiger partial charge in [-0.15, -0.1) is 11.8 Å². The van der Waals surface area contributed by atoms with E-state index in [1.54, 1.807) is 25.1 Å². The smallest absolute Gasteiger partial charge is 0.264 e. The van der Waals surface area contributed by atoms with Crippen molar-refractivity contribution in [2.45, 2.75) is 11.1 Å². The number of thiazole rings is 1. The number of nitrogens with one attached hydrogen (secondary N) is 1. The molecule has 9 heteroatoms. The number of amides is 2. The Morgan fingerprint density at radius 3 is 2.71 bits per heavy atom. The van der Waals surface area contributed by atoms with Gasteiger partial charge in [0.25, 0.3) is 5.91 Å². The van der Waals surface area contributed by atoms with Crippen LogP contribution in [0.3, 0.4) is 0 Å². The Hall–Kier alpha value is -2.26. The molecule has 1 heterocycles. The molecule has 2 aromatic rings. The zero-order chi connectivity index (χ0) is 17.5. The fourth-order valence-electron chi connectivity index (χ4n) is 1.74. The fraction of sp³-hybridized carbons (Fsp3) is 0.267. The molecule has 3 N–H and O–H groups in total. The largest absolute Gasteiger partial charge is 0.493 e. The van der Waals surface area contributed by atoms with Crippen molar-refractivity contribution in [3.63, 3.8) is 0 Å². The van der Waals surface area contributed by atoms with Crippen molar-refractivity contribution in [2.24, 2.45) is 5.73 Å². The summed E-state index contributed by atoms with van der Waals surface area (Å²) in [5.41, 5.74) is 5.87. The average molecular weight is 367 g/mol. The van der Waals surface area contributed by atoms with Crippen molar-refractivity contribution in [2.75, 3.05) is 24.8 Å². The summed E-state index contributed by atoms with van der Waals surface area (Å²) in [7, 11) is 1.53. The van der Waals surface area contributed by atoms with Gasteiger partial charge in [0.15, 0.2) is 23.2 Å². The molecule has 2 rings (SSSR count). The van der Waals surface area contributed by atoms with Gasteiger partial charge in [-0.1, -0.05) is 23.5 Å². The van der Waals surface area contributed by atoms with E-state index in [0.29, 0.717) is 16.6 Å². The van der Waals surface area contributed by atoms with Crippen LogP contribution in [0.1, 0.15) is 5.69 Å². The Kier molecular flexibility index (Phi) is 6.44. The van der Waals surface area contributed by atoms with Crippen molar-refractivity contribution in [1.29, 1.82) is 0 Å². The number of primary amides is 1. The Bertz CT molecular complexity index is 733. The zero-order valence-electron chi connectivity index (χ0n) is 13.2. The molecule has 0 spiro atoms. The molecule has 128 valence electrons. The molecule has 7 nitrogen and oxygen atoms in total. The monoisotopic (exact) mass is 367 g/mol. The molecule has 0 saturated heterocycles. The number of anilines is 1. The number of hydrogen-bond acceptors (Lipinski definition) is 7. The summed E-state index contributed by atoms with van der Waals surface area (Å²) in [6, 6.07) is 7.08. The van der Waals surface area contributed by atoms with Gasteiger partial charge in [0, 0.05) is 0 Å². The van der Waals surface area contributed by atoms with Crippen LogP contribution < -0.4 is 20.5 Å². The third-order valence-electron chi connectivity index (χ3n) is 2.77. The van der Waals surface area contributed by atoms with E-state index >= 15 is 0 Å². The van der Waals surface area contributed by atoms with Crippen molar-refractivity contribution >= 4 is 40.0 Å². The van der Waals surface area contributed by atoms with E-state index in [4.69, 9.17) is 15.2 Å². The number of nitrogens with zero attached hydrogens (tertiary/aromatic N) is 1. The van der Waals surface area contributed by atoms with E-state index in [2.05, 4.69) is 10.3 Å². The van der Waals surface area contributed by atoms with Crippen LogP contribution >= 0.6 is 23.1 Å². The van der Waals surface area contributed by atoms with Gasteiger partial charge in [-0.2, -0.15) is 0 Å². The van der Waals surface area contributed by atoms with Gasteiger partial charge in [-0.05, 0) is 19.1 Å². The summed E-state index contributed by atoms with van der Waals surface area (Å²) in [6.45, 7) is 1.64. The maximum absolute atomic E-state index is 12.0. The first-order chi connectivity index (χ1) is 11.5. The molecule has 0 atom stereocenters. The summed E-state index contributed by atoms with van der Waals surface area (Å²) < 4.78 is 11.4. The number of carbonyl (C=O) groups is 2. The van der Waals surface area contributed by atoms with Crippen molar-refractivity contribution in [1.82, 2.24) is 4.98 Å². The maximum atomic E-state index is 12.0. The number of aromatic nitrogens is 1. The normalized spacial score (nSPS) is 10.2. The molecule has 24 heavy (non-hydrogen) atoms. The van der Waals surface area contributed by atoms with Gasteiger partial charge in [-0.25, -0.2) is 4.98 Å². The van der Waals surface area contributed by atoms with Crippen molar-refractivity contribution in [3.8, 4) is 11.5 Å². The van der Waals surface area contributed by atoms with Crippen LogP contribution in [0, 0.1) is 6.92 Å². The molecule has 2 amide bonds. The minimum atomic E-state index is -0.399. The summed E-state index contributed by atoms with van der Waals surface area (Å²) in [5, 5.41) is 3.12. The van der Waals surface area contributed by atoms with Crippen LogP contribution in [0.2, 0.25) is 0 Å². The topological polar surface area (TPSA) is 104 Å². The lowest BCUT2D eigenvalue weighted by Gasteiger charge is -2.09. The van der Waals surface area contributed by atoms with Gasteiger partial charge in [0.05, 0.1) is 22.8 Å². The number of thioether (sulfide) groups is 1. The quantitative estimate of drug-likeness (QED) is 0.692. The van der Waals surface area contributed by atoms with Gasteiger partial charge in [0.1, 0.15) is 0 Å². The first-order valence-corrected chi connectivity index (χ1v) is 8.74. The number of methoxy groups -OCH3 is 1. The first-order valence-electron chi connectivity index (χ1n) is 6.93. The third-order valence-corrected chi connectivity index (χ3v) is 5.23. The van der Waals surface area contributed by atoms with Crippen LogP contribution in [0.4, 0.5) is 5.13 Å². The highest BCUT2D eigenvalue weighted by Gasteiger charge is 2.13. The van der Waals surface area contributed by atoms with Crippen molar-refractivity contribution in [3.05, 3.63) is 30.0 Å². The molecule has 1 aromatic heterocycles. The van der Waals surface area contributed by atoms with Crippen molar-refractivity contribution < 1.29 is 19.1 Å². The van der Waals surface area contributed by atoms with E-state index in [-0.39, 0.29) is 18.3 Å². The zero-order valence-corrected chi connectivity index (χ0v) is 14.8. The second-order valence-electron chi connectivity index (χ2n) is 4.63. The number of ether oxygens (including phenoxy) is 2. The lowest BCUT2D eigenvalue weighted by atomic mass is 10.3. The summed E-state index contributed by atoms with van der Waals surface area (Å²) in [6.07, 6.45) is 0. The second-order valence-corrected chi connectivity index (χ2v) is 6.88. The average Bonchev–Trinajstić information content (AvgIpc) is 2.90. The lowest BCUT2D eigenvalue weighted by molar-refractivity contribution is -0.118. The number of benzene rings is 1. The van der Waals surface area contributed by atoms with E-state index in [9.17, 15) is 9.59 Å². The van der Waals surface area contributed by atoms with Gasteiger partial charge in [-0.3, -0.25) is 14.9 Å². The molecule has 0 radical (unpaired) electrons. The molecule has 0 aliphatic heterocycles. The van der Waals surface area contributed by atoms with Crippen LogP contribution in [-0.2, 0) is 9.59 Å². The molecule has 1 aromatic carbocycles. The van der Waals surface area contributed by atoms with Gasteiger partial charge >= 0.3 is 0 Å². The number of hydrogen-bond donors (Lipinski definition) is 2.